The van der Waals surface area contributed by atoms with E-state index in [0.29, 0.717) is 0 Å². The van der Waals surface area contributed by atoms with Crippen LogP contribution in [0.1, 0.15) is 0 Å². The second-order valence-electron chi connectivity index (χ2n) is 14.1. The number of thiophene rings is 1. The van der Waals surface area contributed by atoms with Gasteiger partial charge in [0, 0.05) is 48.0 Å². The number of para-hydroxylation sites is 1. The van der Waals surface area contributed by atoms with Crippen LogP contribution in [0.15, 0.2) is 205 Å². The van der Waals surface area contributed by atoms with Crippen molar-refractivity contribution in [1.82, 2.24) is 0 Å². The number of nitrogens with zero attached hydrogens (tertiary/aromatic N) is 1. The van der Waals surface area contributed by atoms with Gasteiger partial charge in [-0.25, -0.2) is 0 Å². The summed E-state index contributed by atoms with van der Waals surface area (Å²) in [5, 5.41) is 7.41. The molecule has 0 atom stereocenters. The molecule has 0 N–H and O–H groups in total. The highest BCUT2D eigenvalue weighted by molar-refractivity contribution is 7.25. The number of rotatable bonds is 6. The molecule has 0 aliphatic heterocycles. The molecule has 9 aromatic carbocycles. The van der Waals surface area contributed by atoms with E-state index in [2.05, 4.69) is 193 Å². The molecule has 55 heavy (non-hydrogen) atoms. The summed E-state index contributed by atoms with van der Waals surface area (Å²) in [4.78, 5) is 2.37. The normalized spacial score (nSPS) is 11.6. The van der Waals surface area contributed by atoms with Crippen molar-refractivity contribution in [3.05, 3.63) is 200 Å². The molecule has 11 rings (SSSR count). The van der Waals surface area contributed by atoms with Crippen molar-refractivity contribution in [2.24, 2.45) is 0 Å². The fourth-order valence-corrected chi connectivity index (χ4v) is 9.38. The second kappa shape index (κ2) is 12.9. The maximum Gasteiger partial charge on any atom is 0.136 e. The zero-order valence-corrected chi connectivity index (χ0v) is 30.6. The average Bonchev–Trinajstić information content (AvgIpc) is 3.82. The Labute approximate surface area is 322 Å². The van der Waals surface area contributed by atoms with Gasteiger partial charge in [0.1, 0.15) is 11.2 Å². The quantitative estimate of drug-likeness (QED) is 0.170. The van der Waals surface area contributed by atoms with E-state index in [-0.39, 0.29) is 0 Å². The van der Waals surface area contributed by atoms with Crippen molar-refractivity contribution < 1.29 is 4.42 Å². The lowest BCUT2D eigenvalue weighted by molar-refractivity contribution is 0.669. The highest BCUT2D eigenvalue weighted by Crippen LogP contribution is 2.43. The van der Waals surface area contributed by atoms with Crippen molar-refractivity contribution in [2.75, 3.05) is 4.90 Å². The maximum absolute atomic E-state index is 6.24. The molecule has 2 aromatic heterocycles. The minimum Gasteiger partial charge on any atom is -0.456 e. The van der Waals surface area contributed by atoms with Gasteiger partial charge in [0.15, 0.2) is 0 Å². The number of fused-ring (bicyclic) bond motifs is 7. The summed E-state index contributed by atoms with van der Waals surface area (Å²) < 4.78 is 8.86. The molecule has 0 aliphatic rings. The first-order chi connectivity index (χ1) is 27.2. The molecule has 258 valence electrons. The van der Waals surface area contributed by atoms with Crippen molar-refractivity contribution in [2.45, 2.75) is 0 Å². The molecule has 2 heterocycles. The minimum atomic E-state index is 0.904. The van der Waals surface area contributed by atoms with Gasteiger partial charge in [-0.3, -0.25) is 0 Å². The molecule has 0 radical (unpaired) electrons. The van der Waals surface area contributed by atoms with E-state index in [0.717, 1.165) is 50.1 Å². The first kappa shape index (κ1) is 31.6. The predicted octanol–water partition coefficient (Wildman–Crippen LogP) is 15.6. The van der Waals surface area contributed by atoms with E-state index in [4.69, 9.17) is 4.42 Å². The Hall–Kier alpha value is -6.94. The highest BCUT2D eigenvalue weighted by atomic mass is 32.1. The molecule has 2 nitrogen and oxygen atoms in total. The van der Waals surface area contributed by atoms with Crippen LogP contribution in [0, 0.1) is 0 Å². The maximum atomic E-state index is 6.24. The zero-order chi connectivity index (χ0) is 36.3. The first-order valence-corrected chi connectivity index (χ1v) is 19.5. The Balaban J connectivity index is 1.03. The monoisotopic (exact) mass is 719 g/mol. The summed E-state index contributed by atoms with van der Waals surface area (Å²) in [6.45, 7) is 0. The van der Waals surface area contributed by atoms with Crippen molar-refractivity contribution in [3.63, 3.8) is 0 Å². The lowest BCUT2D eigenvalue weighted by atomic mass is 9.97. The van der Waals surface area contributed by atoms with E-state index in [1.54, 1.807) is 0 Å². The largest absolute Gasteiger partial charge is 0.456 e. The summed E-state index contributed by atoms with van der Waals surface area (Å²) in [5.41, 5.74) is 12.2. The second-order valence-corrected chi connectivity index (χ2v) is 15.2. The van der Waals surface area contributed by atoms with Gasteiger partial charge in [-0.05, 0) is 111 Å². The van der Waals surface area contributed by atoms with Gasteiger partial charge in [0.25, 0.3) is 0 Å². The lowest BCUT2D eigenvalue weighted by Crippen LogP contribution is -2.10. The number of hydrogen-bond acceptors (Lipinski definition) is 3. The average molecular weight is 720 g/mol. The number of anilines is 3. The molecular weight excluding hydrogens is 687 g/mol. The van der Waals surface area contributed by atoms with E-state index in [9.17, 15) is 0 Å². The molecule has 0 amide bonds. The Morgan fingerprint density at radius 3 is 1.82 bits per heavy atom. The topological polar surface area (TPSA) is 16.4 Å². The summed E-state index contributed by atoms with van der Waals surface area (Å²) >= 11 is 1.86. The standard InChI is InChI=1S/C52H33NOS/c1-2-14-42-35(10-1)11-8-17-43(42)36-24-29-40(30-25-36)53(39-27-22-34(23-28-39)37-26-31-46-45-15-3-5-19-48(45)54-49(46)33-37)41-13-7-12-38(32-41)44-18-9-21-51-52(44)47-16-4-6-20-50(47)55-51/h1-33H. The van der Waals surface area contributed by atoms with E-state index >= 15 is 0 Å². The van der Waals surface area contributed by atoms with Gasteiger partial charge < -0.3 is 9.32 Å². The van der Waals surface area contributed by atoms with Crippen LogP contribution in [-0.2, 0) is 0 Å². The zero-order valence-electron chi connectivity index (χ0n) is 29.8. The third-order valence-corrected chi connectivity index (χ3v) is 12.0. The SMILES string of the molecule is c1cc(-c2cccc3sc4ccccc4c23)cc(N(c2ccc(-c3ccc4c(c3)oc3ccccc34)cc2)c2ccc(-c3cccc4ccccc34)cc2)c1. The van der Waals surface area contributed by atoms with Crippen LogP contribution < -0.4 is 4.90 Å². The van der Waals surface area contributed by atoms with Crippen molar-refractivity contribution in [1.29, 1.82) is 0 Å². The van der Waals surface area contributed by atoms with Crippen LogP contribution in [0.3, 0.4) is 0 Å². The van der Waals surface area contributed by atoms with Gasteiger partial charge >= 0.3 is 0 Å². The lowest BCUT2D eigenvalue weighted by Gasteiger charge is -2.26. The van der Waals surface area contributed by atoms with Gasteiger partial charge in [0.2, 0.25) is 0 Å². The molecule has 0 saturated carbocycles. The third kappa shape index (κ3) is 5.40. The van der Waals surface area contributed by atoms with Gasteiger partial charge in [0.05, 0.1) is 0 Å². The Bertz CT molecular complexity index is 3200. The minimum absolute atomic E-state index is 0.904. The Kier molecular flexibility index (Phi) is 7.39. The number of hydrogen-bond donors (Lipinski definition) is 0. The van der Waals surface area contributed by atoms with E-state index < -0.39 is 0 Å². The fraction of sp³-hybridized carbons (Fsp3) is 0. The smallest absolute Gasteiger partial charge is 0.136 e. The van der Waals surface area contributed by atoms with Crippen LogP contribution in [0.5, 0.6) is 0 Å². The van der Waals surface area contributed by atoms with Crippen molar-refractivity contribution in [3.8, 4) is 33.4 Å². The first-order valence-electron chi connectivity index (χ1n) is 18.7. The van der Waals surface area contributed by atoms with Crippen LogP contribution in [0.4, 0.5) is 17.1 Å². The Morgan fingerprint density at radius 2 is 0.964 bits per heavy atom. The summed E-state index contributed by atoms with van der Waals surface area (Å²) in [5.74, 6) is 0. The van der Waals surface area contributed by atoms with Gasteiger partial charge in [-0.1, -0.05) is 133 Å². The molecule has 0 aliphatic carbocycles. The van der Waals surface area contributed by atoms with Crippen LogP contribution in [-0.4, -0.2) is 0 Å². The Morgan fingerprint density at radius 1 is 0.345 bits per heavy atom. The predicted molar refractivity (Wildman–Crippen MR) is 235 cm³/mol. The summed E-state index contributed by atoms with van der Waals surface area (Å²) in [6.07, 6.45) is 0. The molecule has 0 spiro atoms. The third-order valence-electron chi connectivity index (χ3n) is 10.9. The molecular formula is C52H33NOS. The van der Waals surface area contributed by atoms with E-state index in [1.165, 1.54) is 53.2 Å². The van der Waals surface area contributed by atoms with Crippen molar-refractivity contribution >= 4 is 81.3 Å². The molecule has 0 unspecified atom stereocenters. The molecule has 0 saturated heterocycles. The summed E-state index contributed by atoms with van der Waals surface area (Å²) in [6, 6.07) is 72.3. The molecule has 11 aromatic rings. The van der Waals surface area contributed by atoms with E-state index in [1.807, 2.05) is 23.5 Å². The molecule has 0 fully saturated rings. The number of furan rings is 1. The number of benzene rings is 9. The van der Waals surface area contributed by atoms with Crippen LogP contribution >= 0.6 is 11.3 Å². The van der Waals surface area contributed by atoms with Gasteiger partial charge in [-0.2, -0.15) is 0 Å². The van der Waals surface area contributed by atoms with Crippen LogP contribution in [0.25, 0.3) is 86.3 Å². The molecule has 0 bridgehead atoms. The fourth-order valence-electron chi connectivity index (χ4n) is 8.25. The van der Waals surface area contributed by atoms with Gasteiger partial charge in [-0.15, -0.1) is 11.3 Å². The molecule has 3 heteroatoms. The highest BCUT2D eigenvalue weighted by Gasteiger charge is 2.17. The van der Waals surface area contributed by atoms with Crippen LogP contribution in [0.2, 0.25) is 0 Å². The summed E-state index contributed by atoms with van der Waals surface area (Å²) in [7, 11) is 0.